The number of likely N-dealkylation sites (tertiary alicyclic amines) is 1. The first-order valence-electron chi connectivity index (χ1n) is 11.1. The van der Waals surface area contributed by atoms with Gasteiger partial charge in [0, 0.05) is 23.8 Å². The minimum Gasteiger partial charge on any atom is -0.492 e. The number of ether oxygens (including phenoxy) is 1. The van der Waals surface area contributed by atoms with Gasteiger partial charge in [0.1, 0.15) is 18.4 Å². The second-order valence-corrected chi connectivity index (χ2v) is 8.42. The molecular formula is C25H28N4O3. The quantitative estimate of drug-likeness (QED) is 0.731. The van der Waals surface area contributed by atoms with Crippen LogP contribution in [-0.4, -0.2) is 48.0 Å². The summed E-state index contributed by atoms with van der Waals surface area (Å²) < 4.78 is 6.04. The predicted molar refractivity (Wildman–Crippen MR) is 121 cm³/mol. The molecule has 2 saturated heterocycles. The molecule has 0 radical (unpaired) electrons. The molecule has 166 valence electrons. The van der Waals surface area contributed by atoms with E-state index in [0.29, 0.717) is 24.5 Å². The Kier molecular flexibility index (Phi) is 6.72. The number of nitriles is 1. The summed E-state index contributed by atoms with van der Waals surface area (Å²) in [5.74, 6) is 0.488. The molecule has 0 aliphatic carbocycles. The van der Waals surface area contributed by atoms with Crippen LogP contribution in [0.3, 0.4) is 0 Å². The van der Waals surface area contributed by atoms with E-state index in [1.54, 1.807) is 17.0 Å². The number of nitrogens with zero attached hydrogens (tertiary/aromatic N) is 2. The maximum atomic E-state index is 12.8. The van der Waals surface area contributed by atoms with Gasteiger partial charge in [0.15, 0.2) is 0 Å². The number of carbonyl (C=O) groups excluding carboxylic acids is 2. The molecule has 2 aliphatic rings. The maximum Gasteiger partial charge on any atom is 0.255 e. The zero-order chi connectivity index (χ0) is 22.5. The average molecular weight is 433 g/mol. The largest absolute Gasteiger partial charge is 0.492 e. The molecule has 7 nitrogen and oxygen atoms in total. The lowest BCUT2D eigenvalue weighted by Gasteiger charge is -2.24. The molecule has 0 bridgehead atoms. The summed E-state index contributed by atoms with van der Waals surface area (Å²) in [4.78, 5) is 27.1. The van der Waals surface area contributed by atoms with E-state index < -0.39 is 0 Å². The number of aryl methyl sites for hydroxylation is 1. The summed E-state index contributed by atoms with van der Waals surface area (Å²) in [5, 5.41) is 15.5. The zero-order valence-electron chi connectivity index (χ0n) is 18.2. The van der Waals surface area contributed by atoms with E-state index in [-0.39, 0.29) is 29.9 Å². The number of nitrogens with one attached hydrogen (secondary N) is 2. The van der Waals surface area contributed by atoms with Crippen LogP contribution in [0.1, 0.15) is 41.6 Å². The van der Waals surface area contributed by atoms with Crippen molar-refractivity contribution in [2.45, 2.75) is 50.7 Å². The highest BCUT2D eigenvalue weighted by molar-refractivity contribution is 6.04. The lowest BCUT2D eigenvalue weighted by atomic mass is 10.1. The van der Waals surface area contributed by atoms with Crippen molar-refractivity contribution in [3.05, 3.63) is 59.7 Å². The summed E-state index contributed by atoms with van der Waals surface area (Å²) >= 11 is 0. The highest BCUT2D eigenvalue weighted by Crippen LogP contribution is 2.24. The third-order valence-electron chi connectivity index (χ3n) is 6.15. The van der Waals surface area contributed by atoms with Crippen LogP contribution >= 0.6 is 0 Å². The average Bonchev–Trinajstić information content (AvgIpc) is 3.48. The molecule has 0 aromatic heterocycles. The molecular weight excluding hydrogens is 404 g/mol. The molecule has 32 heavy (non-hydrogen) atoms. The molecule has 0 spiro atoms. The van der Waals surface area contributed by atoms with E-state index in [2.05, 4.69) is 16.7 Å². The molecule has 7 heteroatoms. The number of carbonyl (C=O) groups is 2. The van der Waals surface area contributed by atoms with Gasteiger partial charge >= 0.3 is 0 Å². The lowest BCUT2D eigenvalue weighted by molar-refractivity contribution is -0.133. The van der Waals surface area contributed by atoms with Crippen molar-refractivity contribution in [1.29, 1.82) is 5.26 Å². The molecule has 2 fully saturated rings. The van der Waals surface area contributed by atoms with Gasteiger partial charge in [0.2, 0.25) is 5.91 Å². The first-order valence-corrected chi connectivity index (χ1v) is 11.1. The van der Waals surface area contributed by atoms with Crippen molar-refractivity contribution in [3.8, 4) is 11.8 Å². The van der Waals surface area contributed by atoms with Crippen molar-refractivity contribution >= 4 is 17.5 Å². The van der Waals surface area contributed by atoms with Crippen molar-refractivity contribution in [2.75, 3.05) is 18.5 Å². The van der Waals surface area contributed by atoms with Crippen LogP contribution in [0, 0.1) is 18.3 Å². The summed E-state index contributed by atoms with van der Waals surface area (Å²) in [6.07, 6.45) is 3.21. The smallest absolute Gasteiger partial charge is 0.255 e. The van der Waals surface area contributed by atoms with E-state index in [1.807, 2.05) is 43.3 Å². The first kappa shape index (κ1) is 21.8. The summed E-state index contributed by atoms with van der Waals surface area (Å²) in [6.45, 7) is 3.02. The van der Waals surface area contributed by atoms with Crippen molar-refractivity contribution in [2.24, 2.45) is 0 Å². The van der Waals surface area contributed by atoms with Gasteiger partial charge in [-0.2, -0.15) is 5.26 Å². The molecule has 4 rings (SSSR count). The van der Waals surface area contributed by atoms with Gasteiger partial charge in [-0.3, -0.25) is 14.9 Å². The van der Waals surface area contributed by atoms with E-state index in [4.69, 9.17) is 4.74 Å². The number of rotatable bonds is 6. The minimum atomic E-state index is -0.299. The first-order chi connectivity index (χ1) is 15.5. The highest BCUT2D eigenvalue weighted by Gasteiger charge is 2.37. The van der Waals surface area contributed by atoms with Crippen LogP contribution in [-0.2, 0) is 4.79 Å². The van der Waals surface area contributed by atoms with Crippen molar-refractivity contribution in [1.82, 2.24) is 10.2 Å². The number of amides is 2. The summed E-state index contributed by atoms with van der Waals surface area (Å²) in [6, 6.07) is 16.5. The van der Waals surface area contributed by atoms with Crippen molar-refractivity contribution < 1.29 is 14.3 Å². The number of para-hydroxylation sites is 1. The molecule has 0 unspecified atom stereocenters. The third kappa shape index (κ3) is 4.92. The van der Waals surface area contributed by atoms with Crippen LogP contribution < -0.4 is 15.4 Å². The van der Waals surface area contributed by atoms with E-state index in [1.165, 1.54) is 0 Å². The number of hydrogen-bond donors (Lipinski definition) is 2. The van der Waals surface area contributed by atoms with Crippen LogP contribution in [0.15, 0.2) is 48.5 Å². The molecule has 2 amide bonds. The maximum absolute atomic E-state index is 12.8. The fourth-order valence-electron chi connectivity index (χ4n) is 4.32. The number of hydrogen-bond acceptors (Lipinski definition) is 5. The standard InChI is InChI=1S/C25H28N4O3/c1-17-9-10-18(24(30)28-19-6-3-2-4-7-19)14-23(17)32-16-20-11-12-22(27-20)25(31)29-13-5-8-21(29)15-26/h2-4,6-7,9-10,14,20-22,27H,5,8,11-13,16H2,1H3,(H,28,30)/t20-,21+,22+/m1/s1. The van der Waals surface area contributed by atoms with E-state index in [0.717, 1.165) is 36.9 Å². The molecule has 2 N–H and O–H groups in total. The topological polar surface area (TPSA) is 94.5 Å². The van der Waals surface area contributed by atoms with Crippen molar-refractivity contribution in [3.63, 3.8) is 0 Å². The van der Waals surface area contributed by atoms with Crippen LogP contribution in [0.5, 0.6) is 5.75 Å². The van der Waals surface area contributed by atoms with Gasteiger partial charge < -0.3 is 15.0 Å². The Balaban J connectivity index is 1.33. The minimum absolute atomic E-state index is 0.0207. The Bertz CT molecular complexity index is 1020. The zero-order valence-corrected chi connectivity index (χ0v) is 18.2. The highest BCUT2D eigenvalue weighted by atomic mass is 16.5. The lowest BCUT2D eigenvalue weighted by Crippen LogP contribution is -2.47. The number of anilines is 1. The van der Waals surface area contributed by atoms with Crippen LogP contribution in [0.4, 0.5) is 5.69 Å². The molecule has 3 atom stereocenters. The Labute approximate surface area is 188 Å². The Morgan fingerprint density at radius 1 is 1.19 bits per heavy atom. The third-order valence-corrected chi connectivity index (χ3v) is 6.15. The van der Waals surface area contributed by atoms with Gasteiger partial charge in [-0.15, -0.1) is 0 Å². The molecule has 2 aromatic carbocycles. The molecule has 2 heterocycles. The van der Waals surface area contributed by atoms with Gasteiger partial charge in [0.25, 0.3) is 5.91 Å². The normalized spacial score (nSPS) is 22.4. The second kappa shape index (κ2) is 9.84. The van der Waals surface area contributed by atoms with Crippen LogP contribution in [0.25, 0.3) is 0 Å². The molecule has 0 saturated carbocycles. The van der Waals surface area contributed by atoms with Crippen LogP contribution in [0.2, 0.25) is 0 Å². The molecule has 2 aromatic rings. The summed E-state index contributed by atoms with van der Waals surface area (Å²) in [5.41, 5.74) is 2.21. The second-order valence-electron chi connectivity index (χ2n) is 8.42. The van der Waals surface area contributed by atoms with Gasteiger partial charge in [-0.1, -0.05) is 24.3 Å². The SMILES string of the molecule is Cc1ccc(C(=O)Nc2ccccc2)cc1OC[C@H]1CC[C@@H](C(=O)N2CCC[C@H]2C#N)N1. The predicted octanol–water partition coefficient (Wildman–Crippen LogP) is 3.26. The van der Waals surface area contributed by atoms with E-state index >= 15 is 0 Å². The summed E-state index contributed by atoms with van der Waals surface area (Å²) in [7, 11) is 0. The molecule has 2 aliphatic heterocycles. The van der Waals surface area contributed by atoms with Gasteiger partial charge in [-0.05, 0) is 62.4 Å². The van der Waals surface area contributed by atoms with Gasteiger partial charge in [-0.25, -0.2) is 0 Å². The fraction of sp³-hybridized carbons (Fsp3) is 0.400. The fourth-order valence-corrected chi connectivity index (χ4v) is 4.32. The Morgan fingerprint density at radius 3 is 2.78 bits per heavy atom. The Morgan fingerprint density at radius 2 is 2.00 bits per heavy atom. The van der Waals surface area contributed by atoms with E-state index in [9.17, 15) is 14.9 Å². The van der Waals surface area contributed by atoms with Gasteiger partial charge in [0.05, 0.1) is 12.1 Å². The number of benzene rings is 2. The Hall–Kier alpha value is -3.37. The monoisotopic (exact) mass is 432 g/mol.